The third-order valence-electron chi connectivity index (χ3n) is 4.14. The zero-order chi connectivity index (χ0) is 19.9. The first-order valence-electron chi connectivity index (χ1n) is 8.47. The summed E-state index contributed by atoms with van der Waals surface area (Å²) >= 11 is 0. The molecule has 0 bridgehead atoms. The maximum atomic E-state index is 12.0. The van der Waals surface area contributed by atoms with E-state index in [0.29, 0.717) is 17.7 Å². The van der Waals surface area contributed by atoms with Crippen LogP contribution in [0.5, 0.6) is 5.75 Å². The summed E-state index contributed by atoms with van der Waals surface area (Å²) in [5.74, 6) is 0.512. The molecular weight excluding hydrogens is 368 g/mol. The lowest BCUT2D eigenvalue weighted by molar-refractivity contribution is -0.121. The molecule has 0 spiro atoms. The number of carbonyl (C=O) groups is 1. The quantitative estimate of drug-likeness (QED) is 0.598. The van der Waals surface area contributed by atoms with Gasteiger partial charge < -0.3 is 15.2 Å². The largest absolute Gasteiger partial charge is 0.497 e. The molecule has 7 nitrogen and oxygen atoms in total. The summed E-state index contributed by atoms with van der Waals surface area (Å²) in [6.07, 6.45) is -0.0801. The van der Waals surface area contributed by atoms with E-state index in [2.05, 4.69) is 10.0 Å². The molecule has 2 aromatic carbocycles. The number of ether oxygens (including phenoxy) is 1. The van der Waals surface area contributed by atoms with Gasteiger partial charge in [-0.15, -0.1) is 0 Å². The summed E-state index contributed by atoms with van der Waals surface area (Å²) in [5.41, 5.74) is 1.55. The van der Waals surface area contributed by atoms with E-state index in [4.69, 9.17) is 4.74 Å². The number of sulfonamides is 1. The maximum Gasteiger partial charge on any atom is 0.240 e. The lowest BCUT2D eigenvalue weighted by atomic mass is 10.1. The summed E-state index contributed by atoms with van der Waals surface area (Å²) in [4.78, 5) is 12.2. The number of amides is 1. The van der Waals surface area contributed by atoms with Crippen LogP contribution in [0.1, 0.15) is 23.7 Å². The van der Waals surface area contributed by atoms with Crippen LogP contribution in [0.25, 0.3) is 0 Å². The number of aliphatic hydroxyl groups is 1. The van der Waals surface area contributed by atoms with Gasteiger partial charge in [-0.25, -0.2) is 13.1 Å². The van der Waals surface area contributed by atoms with Gasteiger partial charge in [-0.05, 0) is 48.9 Å². The maximum absolute atomic E-state index is 12.0. The van der Waals surface area contributed by atoms with Gasteiger partial charge in [-0.1, -0.05) is 24.3 Å². The van der Waals surface area contributed by atoms with Crippen molar-refractivity contribution in [1.29, 1.82) is 0 Å². The third kappa shape index (κ3) is 6.06. The zero-order valence-corrected chi connectivity index (χ0v) is 16.1. The van der Waals surface area contributed by atoms with Gasteiger partial charge in [0.15, 0.2) is 0 Å². The van der Waals surface area contributed by atoms with E-state index in [1.807, 2.05) is 0 Å². The fourth-order valence-electron chi connectivity index (χ4n) is 2.45. The highest BCUT2D eigenvalue weighted by Crippen LogP contribution is 2.17. The van der Waals surface area contributed by atoms with E-state index in [9.17, 15) is 18.3 Å². The lowest BCUT2D eigenvalue weighted by Crippen LogP contribution is -2.28. The number of aliphatic hydroxyl groups excluding tert-OH is 1. The summed E-state index contributed by atoms with van der Waals surface area (Å²) in [5, 5.41) is 12.8. The van der Waals surface area contributed by atoms with E-state index >= 15 is 0 Å². The average molecular weight is 392 g/mol. The van der Waals surface area contributed by atoms with Gasteiger partial charge in [0.05, 0.1) is 18.1 Å². The molecule has 0 radical (unpaired) electrons. The molecule has 0 aromatic heterocycles. The number of hydrogen-bond donors (Lipinski definition) is 3. The van der Waals surface area contributed by atoms with Crippen molar-refractivity contribution in [2.24, 2.45) is 0 Å². The second-order valence-electron chi connectivity index (χ2n) is 5.94. The number of benzene rings is 2. The Labute approximate surface area is 159 Å². The van der Waals surface area contributed by atoms with Crippen LogP contribution in [0.15, 0.2) is 53.4 Å². The van der Waals surface area contributed by atoms with Crippen LogP contribution in [0.4, 0.5) is 0 Å². The van der Waals surface area contributed by atoms with Crippen molar-refractivity contribution in [3.05, 3.63) is 59.7 Å². The first-order valence-corrected chi connectivity index (χ1v) is 9.95. The van der Waals surface area contributed by atoms with Crippen molar-refractivity contribution in [2.75, 3.05) is 20.7 Å². The van der Waals surface area contributed by atoms with E-state index in [1.54, 1.807) is 43.5 Å². The van der Waals surface area contributed by atoms with Gasteiger partial charge in [0.1, 0.15) is 5.75 Å². The topological polar surface area (TPSA) is 105 Å². The normalized spacial score (nSPS) is 12.4. The first-order chi connectivity index (χ1) is 12.9. The lowest BCUT2D eigenvalue weighted by Gasteiger charge is -2.13. The molecule has 0 fully saturated rings. The Morgan fingerprint density at radius 1 is 1.11 bits per heavy atom. The monoisotopic (exact) mass is 392 g/mol. The Bertz CT molecular complexity index is 849. The van der Waals surface area contributed by atoms with E-state index in [-0.39, 0.29) is 23.8 Å². The van der Waals surface area contributed by atoms with Gasteiger partial charge in [0, 0.05) is 13.0 Å². The fraction of sp³-hybridized carbons (Fsp3) is 0.316. The molecule has 1 unspecified atom stereocenters. The number of methoxy groups -OCH3 is 1. The highest BCUT2D eigenvalue weighted by molar-refractivity contribution is 7.89. The molecule has 27 heavy (non-hydrogen) atoms. The standard InChI is InChI=1S/C19H24N2O5S/c1-20-27(24,25)17-10-3-14(4-11-17)5-12-19(23)21-13-18(22)15-6-8-16(26-2)9-7-15/h3-4,6-11,18,20,22H,5,12-13H2,1-2H3,(H,21,23). The predicted octanol–water partition coefficient (Wildman–Crippen LogP) is 1.39. The van der Waals surface area contributed by atoms with Crippen LogP contribution < -0.4 is 14.8 Å². The van der Waals surface area contributed by atoms with E-state index in [0.717, 1.165) is 5.56 Å². The molecule has 0 saturated carbocycles. The van der Waals surface area contributed by atoms with Crippen molar-refractivity contribution in [3.63, 3.8) is 0 Å². The molecular formula is C19H24N2O5S. The number of hydrogen-bond acceptors (Lipinski definition) is 5. The van der Waals surface area contributed by atoms with E-state index in [1.165, 1.54) is 19.2 Å². The average Bonchev–Trinajstić information content (AvgIpc) is 2.70. The van der Waals surface area contributed by atoms with Gasteiger partial charge in [-0.2, -0.15) is 0 Å². The molecule has 146 valence electrons. The van der Waals surface area contributed by atoms with Crippen LogP contribution >= 0.6 is 0 Å². The second kappa shape index (κ2) is 9.50. The second-order valence-corrected chi connectivity index (χ2v) is 7.83. The van der Waals surface area contributed by atoms with Crippen LogP contribution in [0, 0.1) is 0 Å². The Morgan fingerprint density at radius 3 is 2.30 bits per heavy atom. The molecule has 1 amide bonds. The molecule has 0 aliphatic rings. The molecule has 0 heterocycles. The Kier molecular flexibility index (Phi) is 7.35. The van der Waals surface area contributed by atoms with Gasteiger partial charge >= 0.3 is 0 Å². The molecule has 1 atom stereocenters. The fourth-order valence-corrected chi connectivity index (χ4v) is 3.18. The minimum Gasteiger partial charge on any atom is -0.497 e. The van der Waals surface area contributed by atoms with Crippen LogP contribution in [0.3, 0.4) is 0 Å². The SMILES string of the molecule is CNS(=O)(=O)c1ccc(CCC(=O)NCC(O)c2ccc(OC)cc2)cc1. The van der Waals surface area contributed by atoms with Crippen molar-refractivity contribution >= 4 is 15.9 Å². The summed E-state index contributed by atoms with van der Waals surface area (Å²) in [6, 6.07) is 13.4. The Balaban J connectivity index is 1.80. The molecule has 2 rings (SSSR count). The smallest absolute Gasteiger partial charge is 0.240 e. The number of carbonyl (C=O) groups excluding carboxylic acids is 1. The minimum atomic E-state index is -3.46. The number of rotatable bonds is 9. The van der Waals surface area contributed by atoms with Crippen molar-refractivity contribution < 1.29 is 23.1 Å². The van der Waals surface area contributed by atoms with E-state index < -0.39 is 16.1 Å². The van der Waals surface area contributed by atoms with Crippen LogP contribution in [0.2, 0.25) is 0 Å². The van der Waals surface area contributed by atoms with Crippen molar-refractivity contribution in [2.45, 2.75) is 23.8 Å². The molecule has 2 aromatic rings. The summed E-state index contributed by atoms with van der Waals surface area (Å²) in [7, 11) is -0.537. The summed E-state index contributed by atoms with van der Waals surface area (Å²) < 4.78 is 30.7. The van der Waals surface area contributed by atoms with Crippen molar-refractivity contribution in [1.82, 2.24) is 10.0 Å². The molecule has 0 aliphatic heterocycles. The van der Waals surface area contributed by atoms with Crippen LogP contribution in [-0.2, 0) is 21.2 Å². The highest BCUT2D eigenvalue weighted by atomic mass is 32.2. The Hall–Kier alpha value is -2.42. The van der Waals surface area contributed by atoms with Crippen LogP contribution in [-0.4, -0.2) is 40.1 Å². The predicted molar refractivity (Wildman–Crippen MR) is 102 cm³/mol. The van der Waals surface area contributed by atoms with Gasteiger partial charge in [0.2, 0.25) is 15.9 Å². The zero-order valence-electron chi connectivity index (χ0n) is 15.3. The number of aryl methyl sites for hydroxylation is 1. The molecule has 0 saturated heterocycles. The van der Waals surface area contributed by atoms with Crippen molar-refractivity contribution in [3.8, 4) is 5.75 Å². The minimum absolute atomic E-state index is 0.116. The van der Waals surface area contributed by atoms with Gasteiger partial charge in [-0.3, -0.25) is 4.79 Å². The highest BCUT2D eigenvalue weighted by Gasteiger charge is 2.12. The molecule has 0 aliphatic carbocycles. The first kappa shape index (κ1) is 20.9. The summed E-state index contributed by atoms with van der Waals surface area (Å²) in [6.45, 7) is 0.116. The molecule has 3 N–H and O–H groups in total. The van der Waals surface area contributed by atoms with Gasteiger partial charge in [0.25, 0.3) is 0 Å². The number of nitrogens with one attached hydrogen (secondary N) is 2. The Morgan fingerprint density at radius 2 is 1.74 bits per heavy atom. The third-order valence-corrected chi connectivity index (χ3v) is 5.57. The molecule has 8 heteroatoms.